The molecule has 1 aromatic carbocycles. The van der Waals surface area contributed by atoms with E-state index in [-0.39, 0.29) is 5.91 Å². The fourth-order valence-corrected chi connectivity index (χ4v) is 2.24. The summed E-state index contributed by atoms with van der Waals surface area (Å²) < 4.78 is 0. The molecule has 2 amide bonds. The summed E-state index contributed by atoms with van der Waals surface area (Å²) in [6.45, 7) is 4.00. The van der Waals surface area contributed by atoms with Crippen LogP contribution in [-0.2, 0) is 16.0 Å². The first-order chi connectivity index (χ1) is 9.99. The van der Waals surface area contributed by atoms with Crippen molar-refractivity contribution in [1.29, 1.82) is 0 Å². The maximum absolute atomic E-state index is 11.8. The van der Waals surface area contributed by atoms with Crippen LogP contribution in [0.25, 0.3) is 0 Å². The smallest absolute Gasteiger partial charge is 0.240 e. The standard InChI is InChI=1S/C17H26N2O2/c1-13(2)12-15(17(18)21)19-16(20)11-7-6-10-14-8-4-3-5-9-14/h3-5,8-9,13,15H,6-7,10-12H2,1-2H3,(H2,18,21)(H,19,20). The lowest BCUT2D eigenvalue weighted by atomic mass is 10.0. The number of unbranched alkanes of at least 4 members (excludes halogenated alkanes) is 1. The number of primary amides is 1. The molecule has 0 radical (unpaired) electrons. The number of rotatable bonds is 9. The second-order valence-electron chi connectivity index (χ2n) is 5.84. The van der Waals surface area contributed by atoms with Gasteiger partial charge >= 0.3 is 0 Å². The van der Waals surface area contributed by atoms with Crippen LogP contribution in [0.1, 0.15) is 45.1 Å². The van der Waals surface area contributed by atoms with E-state index in [2.05, 4.69) is 17.4 Å². The van der Waals surface area contributed by atoms with Crippen molar-refractivity contribution in [2.45, 2.75) is 52.0 Å². The van der Waals surface area contributed by atoms with Crippen LogP contribution in [0.2, 0.25) is 0 Å². The molecule has 0 heterocycles. The van der Waals surface area contributed by atoms with E-state index in [1.165, 1.54) is 5.56 Å². The van der Waals surface area contributed by atoms with Crippen LogP contribution < -0.4 is 11.1 Å². The number of amides is 2. The first-order valence-corrected chi connectivity index (χ1v) is 7.61. The number of nitrogens with two attached hydrogens (primary N) is 1. The van der Waals surface area contributed by atoms with Gasteiger partial charge in [0, 0.05) is 6.42 Å². The van der Waals surface area contributed by atoms with E-state index in [4.69, 9.17) is 5.73 Å². The molecule has 0 saturated carbocycles. The third kappa shape index (κ3) is 7.49. The molecule has 4 heteroatoms. The van der Waals surface area contributed by atoms with E-state index in [0.717, 1.165) is 19.3 Å². The lowest BCUT2D eigenvalue weighted by molar-refractivity contribution is -0.127. The van der Waals surface area contributed by atoms with Crippen molar-refractivity contribution in [2.24, 2.45) is 11.7 Å². The number of nitrogens with one attached hydrogen (secondary N) is 1. The minimum absolute atomic E-state index is 0.0903. The van der Waals surface area contributed by atoms with Gasteiger partial charge in [-0.1, -0.05) is 44.2 Å². The summed E-state index contributed by atoms with van der Waals surface area (Å²) in [6, 6.07) is 9.66. The molecule has 21 heavy (non-hydrogen) atoms. The third-order valence-corrected chi connectivity index (χ3v) is 3.35. The number of aryl methyl sites for hydroxylation is 1. The first-order valence-electron chi connectivity index (χ1n) is 7.61. The van der Waals surface area contributed by atoms with Crippen LogP contribution in [0.15, 0.2) is 30.3 Å². The van der Waals surface area contributed by atoms with Crippen LogP contribution in [0.5, 0.6) is 0 Å². The van der Waals surface area contributed by atoms with E-state index < -0.39 is 11.9 Å². The molecule has 4 nitrogen and oxygen atoms in total. The van der Waals surface area contributed by atoms with Crippen LogP contribution in [0.3, 0.4) is 0 Å². The lowest BCUT2D eigenvalue weighted by Gasteiger charge is -2.17. The maximum atomic E-state index is 11.8. The van der Waals surface area contributed by atoms with Gasteiger partial charge in [-0.3, -0.25) is 9.59 Å². The Morgan fingerprint density at radius 2 is 1.81 bits per heavy atom. The fourth-order valence-electron chi connectivity index (χ4n) is 2.24. The number of carbonyl (C=O) groups excluding carboxylic acids is 2. The normalized spacial score (nSPS) is 12.1. The topological polar surface area (TPSA) is 72.2 Å². The van der Waals surface area contributed by atoms with Crippen molar-refractivity contribution < 1.29 is 9.59 Å². The highest BCUT2D eigenvalue weighted by atomic mass is 16.2. The van der Waals surface area contributed by atoms with Gasteiger partial charge in [0.15, 0.2) is 0 Å². The quantitative estimate of drug-likeness (QED) is 0.686. The highest BCUT2D eigenvalue weighted by molar-refractivity contribution is 5.86. The van der Waals surface area contributed by atoms with Gasteiger partial charge < -0.3 is 11.1 Å². The molecule has 0 aliphatic rings. The van der Waals surface area contributed by atoms with Crippen LogP contribution in [-0.4, -0.2) is 17.9 Å². The molecule has 1 atom stereocenters. The minimum Gasteiger partial charge on any atom is -0.368 e. The molecular weight excluding hydrogens is 264 g/mol. The van der Waals surface area contributed by atoms with Gasteiger partial charge in [0.05, 0.1) is 0 Å². The molecule has 0 aliphatic carbocycles. The van der Waals surface area contributed by atoms with Crippen molar-refractivity contribution in [2.75, 3.05) is 0 Å². The Balaban J connectivity index is 2.25. The first kappa shape index (κ1) is 17.2. The van der Waals surface area contributed by atoms with Gasteiger partial charge in [-0.15, -0.1) is 0 Å². The summed E-state index contributed by atoms with van der Waals surface area (Å²) in [5.41, 5.74) is 6.60. The van der Waals surface area contributed by atoms with Crippen LogP contribution >= 0.6 is 0 Å². The zero-order valence-corrected chi connectivity index (χ0v) is 13.0. The summed E-state index contributed by atoms with van der Waals surface area (Å²) in [6.07, 6.45) is 3.77. The summed E-state index contributed by atoms with van der Waals surface area (Å²) in [5.74, 6) is -0.227. The molecule has 116 valence electrons. The molecule has 0 fully saturated rings. The zero-order chi connectivity index (χ0) is 15.7. The van der Waals surface area contributed by atoms with Gasteiger partial charge in [-0.2, -0.15) is 0 Å². The van der Waals surface area contributed by atoms with Gasteiger partial charge in [0.25, 0.3) is 0 Å². The Kier molecular flexibility index (Phi) is 7.51. The van der Waals surface area contributed by atoms with Crippen LogP contribution in [0.4, 0.5) is 0 Å². The molecule has 1 unspecified atom stereocenters. The van der Waals surface area contributed by atoms with Crippen molar-refractivity contribution in [1.82, 2.24) is 5.32 Å². The Hall–Kier alpha value is -1.84. The Bertz CT molecular complexity index is 443. The predicted octanol–water partition coefficient (Wildman–Crippen LogP) is 2.42. The van der Waals surface area contributed by atoms with Crippen molar-refractivity contribution in [3.8, 4) is 0 Å². The van der Waals surface area contributed by atoms with Crippen molar-refractivity contribution >= 4 is 11.8 Å². The second-order valence-corrected chi connectivity index (χ2v) is 5.84. The number of benzene rings is 1. The highest BCUT2D eigenvalue weighted by Gasteiger charge is 2.18. The highest BCUT2D eigenvalue weighted by Crippen LogP contribution is 2.08. The van der Waals surface area contributed by atoms with Crippen molar-refractivity contribution in [3.63, 3.8) is 0 Å². The Labute approximate surface area is 127 Å². The number of hydrogen-bond donors (Lipinski definition) is 2. The molecular formula is C17H26N2O2. The molecule has 1 rings (SSSR count). The van der Waals surface area contributed by atoms with E-state index in [1.54, 1.807) is 0 Å². The molecule has 0 spiro atoms. The van der Waals surface area contributed by atoms with E-state index in [0.29, 0.717) is 18.8 Å². The SMILES string of the molecule is CC(C)CC(NC(=O)CCCCc1ccccc1)C(N)=O. The zero-order valence-electron chi connectivity index (χ0n) is 13.0. The van der Waals surface area contributed by atoms with E-state index >= 15 is 0 Å². The van der Waals surface area contributed by atoms with Gasteiger partial charge in [-0.05, 0) is 37.2 Å². The molecule has 0 aromatic heterocycles. The summed E-state index contributed by atoms with van der Waals surface area (Å²) in [5, 5.41) is 2.73. The maximum Gasteiger partial charge on any atom is 0.240 e. The average Bonchev–Trinajstić information content (AvgIpc) is 2.43. The van der Waals surface area contributed by atoms with E-state index in [1.807, 2.05) is 32.0 Å². The Morgan fingerprint density at radius 1 is 1.14 bits per heavy atom. The Morgan fingerprint density at radius 3 is 2.38 bits per heavy atom. The summed E-state index contributed by atoms with van der Waals surface area (Å²) in [4.78, 5) is 23.1. The van der Waals surface area contributed by atoms with Gasteiger partial charge in [0.2, 0.25) is 11.8 Å². The summed E-state index contributed by atoms with van der Waals surface area (Å²) in [7, 11) is 0. The fraction of sp³-hybridized carbons (Fsp3) is 0.529. The number of hydrogen-bond acceptors (Lipinski definition) is 2. The van der Waals surface area contributed by atoms with Gasteiger partial charge in [-0.25, -0.2) is 0 Å². The second kappa shape index (κ2) is 9.16. The third-order valence-electron chi connectivity index (χ3n) is 3.35. The van der Waals surface area contributed by atoms with Crippen molar-refractivity contribution in [3.05, 3.63) is 35.9 Å². The predicted molar refractivity (Wildman–Crippen MR) is 84.6 cm³/mol. The van der Waals surface area contributed by atoms with Crippen LogP contribution in [0, 0.1) is 5.92 Å². The lowest BCUT2D eigenvalue weighted by Crippen LogP contribution is -2.45. The molecule has 3 N–H and O–H groups in total. The number of carbonyl (C=O) groups is 2. The minimum atomic E-state index is -0.549. The largest absolute Gasteiger partial charge is 0.368 e. The molecule has 0 aliphatic heterocycles. The monoisotopic (exact) mass is 290 g/mol. The molecule has 0 saturated heterocycles. The molecule has 1 aromatic rings. The summed E-state index contributed by atoms with van der Waals surface area (Å²) >= 11 is 0. The average molecular weight is 290 g/mol. The molecule has 0 bridgehead atoms. The van der Waals surface area contributed by atoms with Gasteiger partial charge in [0.1, 0.15) is 6.04 Å². The van der Waals surface area contributed by atoms with E-state index in [9.17, 15) is 9.59 Å².